The van der Waals surface area contributed by atoms with Crippen molar-refractivity contribution >= 4 is 65.2 Å². The highest BCUT2D eigenvalue weighted by Crippen LogP contribution is 2.57. The van der Waals surface area contributed by atoms with Gasteiger partial charge in [-0.05, 0) is 109 Å². The number of nitrogens with one attached hydrogen (secondary N) is 2. The third-order valence-corrected chi connectivity index (χ3v) is 13.6. The van der Waals surface area contributed by atoms with Crippen molar-refractivity contribution in [3.63, 3.8) is 0 Å². The van der Waals surface area contributed by atoms with Crippen LogP contribution in [0, 0.1) is 29.6 Å². The highest BCUT2D eigenvalue weighted by atomic mass is 32.1. The minimum atomic E-state index is -0.199. The second kappa shape index (κ2) is 13.9. The van der Waals surface area contributed by atoms with E-state index < -0.39 is 0 Å². The van der Waals surface area contributed by atoms with E-state index in [1.54, 1.807) is 13.3 Å². The van der Waals surface area contributed by atoms with Gasteiger partial charge in [0.2, 0.25) is 17.7 Å². The minimum Gasteiger partial charge on any atom is -0.481 e. The Morgan fingerprint density at radius 3 is 2.08 bits per heavy atom. The molecule has 2 unspecified atom stereocenters. The van der Waals surface area contributed by atoms with Crippen molar-refractivity contribution in [1.82, 2.24) is 24.8 Å². The van der Waals surface area contributed by atoms with Crippen LogP contribution in [0.25, 0.3) is 42.7 Å². The summed E-state index contributed by atoms with van der Waals surface area (Å²) < 4.78 is 7.35. The zero-order valence-corrected chi connectivity index (χ0v) is 31.5. The Labute approximate surface area is 316 Å². The van der Waals surface area contributed by atoms with Crippen molar-refractivity contribution in [2.45, 2.75) is 38.5 Å². The average Bonchev–Trinajstić information content (AvgIpc) is 3.85. The summed E-state index contributed by atoms with van der Waals surface area (Å²) in [6.45, 7) is 3.85. The number of aromatic nitrogens is 4. The van der Waals surface area contributed by atoms with E-state index in [9.17, 15) is 9.59 Å². The van der Waals surface area contributed by atoms with Crippen molar-refractivity contribution in [1.29, 1.82) is 0 Å². The Morgan fingerprint density at radius 2 is 1.43 bits per heavy atom. The standard InChI is InChI=1S/C41H41N7O3S2/c1-4-28-26-5-8-29(28)37(30(15-26)39(50)47-41-45-32-10-7-23(18-35(32)53-41)25-12-14-43-36(19-25)51-3)33-16-24(11-13-42-33)22-6-9-31-34(17-22)52-40(44-31)46-38(49)27-20-48(2)21-27/h6-7,9-14,16-19,26-30,37H,4-5,8,15,20-21H2,1-3H3,(H,44,46,49)(H,45,47,50)/t26-,28?,29-,30-,37?/m1/s1. The lowest BCUT2D eigenvalue weighted by atomic mass is 9.64. The Kier molecular flexibility index (Phi) is 8.92. The van der Waals surface area contributed by atoms with Crippen LogP contribution in [-0.4, -0.2) is 63.9 Å². The maximum atomic E-state index is 14.3. The van der Waals surface area contributed by atoms with Gasteiger partial charge < -0.3 is 20.3 Å². The fraction of sp³-hybridized carbons (Fsp3) is 0.366. The summed E-state index contributed by atoms with van der Waals surface area (Å²) in [7, 11) is 3.63. The van der Waals surface area contributed by atoms with Crippen LogP contribution in [0.4, 0.5) is 10.3 Å². The smallest absolute Gasteiger partial charge is 0.231 e. The van der Waals surface area contributed by atoms with Crippen molar-refractivity contribution in [2.75, 3.05) is 37.9 Å². The van der Waals surface area contributed by atoms with Crippen LogP contribution >= 0.6 is 22.7 Å². The molecule has 12 heteroatoms. The first-order valence-electron chi connectivity index (χ1n) is 18.4. The van der Waals surface area contributed by atoms with E-state index in [4.69, 9.17) is 14.7 Å². The van der Waals surface area contributed by atoms with Crippen molar-refractivity contribution in [2.24, 2.45) is 29.6 Å². The van der Waals surface area contributed by atoms with Crippen LogP contribution in [0.1, 0.15) is 44.2 Å². The van der Waals surface area contributed by atoms with Gasteiger partial charge in [0.15, 0.2) is 10.3 Å². The predicted molar refractivity (Wildman–Crippen MR) is 211 cm³/mol. The first-order chi connectivity index (χ1) is 25.8. The Hall–Kier alpha value is -4.78. The van der Waals surface area contributed by atoms with Crippen molar-refractivity contribution in [3.8, 4) is 28.1 Å². The van der Waals surface area contributed by atoms with Crippen LogP contribution in [0.5, 0.6) is 5.88 Å². The molecule has 2 saturated carbocycles. The number of methoxy groups -OCH3 is 1. The van der Waals surface area contributed by atoms with Gasteiger partial charge in [0.1, 0.15) is 0 Å². The summed E-state index contributed by atoms with van der Waals surface area (Å²) in [5.74, 6) is 2.00. The summed E-state index contributed by atoms with van der Waals surface area (Å²) >= 11 is 3.01. The van der Waals surface area contributed by atoms with E-state index in [1.165, 1.54) is 22.7 Å². The van der Waals surface area contributed by atoms with Gasteiger partial charge in [-0.3, -0.25) is 14.6 Å². The molecule has 270 valence electrons. The number of benzene rings is 2. The van der Waals surface area contributed by atoms with Gasteiger partial charge in [0.25, 0.3) is 0 Å². The van der Waals surface area contributed by atoms with Gasteiger partial charge in [-0.2, -0.15) is 0 Å². The highest BCUT2D eigenvalue weighted by Gasteiger charge is 2.51. The van der Waals surface area contributed by atoms with Gasteiger partial charge in [-0.25, -0.2) is 15.0 Å². The summed E-state index contributed by atoms with van der Waals surface area (Å²) in [6.07, 6.45) is 7.88. The lowest BCUT2D eigenvalue weighted by Crippen LogP contribution is -2.49. The fourth-order valence-electron chi connectivity index (χ4n) is 9.12. The Morgan fingerprint density at radius 1 is 0.811 bits per heavy atom. The quantitative estimate of drug-likeness (QED) is 0.152. The van der Waals surface area contributed by atoms with E-state index in [0.29, 0.717) is 33.9 Å². The number of carbonyl (C=O) groups excluding carboxylic acids is 2. The normalized spacial score (nSPS) is 22.9. The SMILES string of the molecule is CCC1[C@@H]2CC[C@H]1C(c1cc(-c3ccc4nc(NC(=O)C5CN(C)C5)sc4c3)ccn1)[C@H](C(=O)Nc1nc3ccc(-c4ccnc(OC)c4)cc3s1)C2. The van der Waals surface area contributed by atoms with E-state index >= 15 is 0 Å². The number of pyridine rings is 2. The number of nitrogens with zero attached hydrogens (tertiary/aromatic N) is 5. The van der Waals surface area contributed by atoms with Crippen molar-refractivity contribution in [3.05, 3.63) is 78.8 Å². The van der Waals surface area contributed by atoms with E-state index in [-0.39, 0.29) is 29.6 Å². The zero-order chi connectivity index (χ0) is 36.2. The molecule has 2 aromatic carbocycles. The second-order valence-electron chi connectivity index (χ2n) is 14.8. The maximum Gasteiger partial charge on any atom is 0.231 e. The number of fused-ring (bicyclic) bond motifs is 4. The monoisotopic (exact) mass is 743 g/mol. The Balaban J connectivity index is 0.975. The molecule has 0 radical (unpaired) electrons. The molecule has 4 aromatic heterocycles. The van der Waals surface area contributed by atoms with Crippen molar-refractivity contribution < 1.29 is 14.3 Å². The van der Waals surface area contributed by atoms with Crippen LogP contribution in [0.2, 0.25) is 0 Å². The number of anilines is 2. The molecule has 2 bridgehead atoms. The molecule has 6 aromatic rings. The molecule has 2 N–H and O–H groups in total. The largest absolute Gasteiger partial charge is 0.481 e. The molecule has 0 spiro atoms. The minimum absolute atomic E-state index is 0.0146. The number of carbonyl (C=O) groups is 2. The number of hydrogen-bond donors (Lipinski definition) is 2. The molecular formula is C41H41N7O3S2. The summed E-state index contributed by atoms with van der Waals surface area (Å²) in [4.78, 5) is 47.8. The molecule has 1 aliphatic heterocycles. The van der Waals surface area contributed by atoms with Gasteiger partial charge in [-0.15, -0.1) is 0 Å². The number of ether oxygens (including phenoxy) is 1. The molecule has 3 fully saturated rings. The molecule has 10 nitrogen and oxygen atoms in total. The first kappa shape index (κ1) is 34.0. The van der Waals surface area contributed by atoms with E-state index in [1.807, 2.05) is 49.6 Å². The zero-order valence-electron chi connectivity index (χ0n) is 29.9. The number of thiazole rings is 2. The summed E-state index contributed by atoms with van der Waals surface area (Å²) in [5.41, 5.74) is 6.88. The van der Waals surface area contributed by atoms with Gasteiger partial charge in [0, 0.05) is 49.1 Å². The summed E-state index contributed by atoms with van der Waals surface area (Å²) in [5, 5.41) is 7.53. The molecule has 53 heavy (non-hydrogen) atoms. The first-order valence-corrected chi connectivity index (χ1v) is 20.0. The lowest BCUT2D eigenvalue weighted by Gasteiger charge is -2.41. The number of amides is 2. The topological polar surface area (TPSA) is 122 Å². The number of likely N-dealkylation sites (tertiary alicyclic amines) is 1. The van der Waals surface area contributed by atoms with Crippen LogP contribution in [0.3, 0.4) is 0 Å². The molecule has 2 amide bonds. The third kappa shape index (κ3) is 6.46. The van der Waals surface area contributed by atoms with Gasteiger partial charge >= 0.3 is 0 Å². The van der Waals surface area contributed by atoms with Gasteiger partial charge in [0.05, 0.1) is 33.5 Å². The lowest BCUT2D eigenvalue weighted by molar-refractivity contribution is -0.124. The molecular weight excluding hydrogens is 703 g/mol. The molecule has 5 heterocycles. The second-order valence-corrected chi connectivity index (χ2v) is 16.9. The predicted octanol–water partition coefficient (Wildman–Crippen LogP) is 8.33. The van der Waals surface area contributed by atoms with E-state index in [0.717, 1.165) is 87.2 Å². The van der Waals surface area contributed by atoms with E-state index in [2.05, 4.69) is 56.7 Å². The van der Waals surface area contributed by atoms with Crippen LogP contribution in [-0.2, 0) is 9.59 Å². The Bertz CT molecular complexity index is 2350. The van der Waals surface area contributed by atoms with Crippen LogP contribution in [0.15, 0.2) is 73.1 Å². The number of rotatable bonds is 9. The van der Waals surface area contributed by atoms with Crippen LogP contribution < -0.4 is 15.4 Å². The molecule has 9 rings (SSSR count). The average molecular weight is 744 g/mol. The molecule has 1 saturated heterocycles. The number of hydrogen-bond acceptors (Lipinski definition) is 10. The van der Waals surface area contributed by atoms with Gasteiger partial charge in [-0.1, -0.05) is 48.2 Å². The third-order valence-electron chi connectivity index (χ3n) is 11.7. The molecule has 5 atom stereocenters. The molecule has 3 aliphatic rings. The summed E-state index contributed by atoms with van der Waals surface area (Å²) in [6, 6.07) is 20.5. The molecule has 2 aliphatic carbocycles. The highest BCUT2D eigenvalue weighted by molar-refractivity contribution is 7.22. The fourth-order valence-corrected chi connectivity index (χ4v) is 10.9. The maximum absolute atomic E-state index is 14.3.